The standard InChI is InChI=1S/C11H20F3N3/c1-10(9(15)16)4-7-17(8-5-10)6-2-3-11(12,13)14/h2-8H2,1H3,(H3,15,16). The Labute approximate surface area is 99.7 Å². The minimum absolute atomic E-state index is 0.153. The van der Waals surface area contributed by atoms with Crippen LogP contribution in [-0.4, -0.2) is 36.5 Å². The fraction of sp³-hybridized carbons (Fsp3) is 0.909. The molecule has 0 aromatic carbocycles. The van der Waals surface area contributed by atoms with Crippen molar-refractivity contribution in [1.82, 2.24) is 4.90 Å². The van der Waals surface area contributed by atoms with Gasteiger partial charge in [-0.3, -0.25) is 5.41 Å². The van der Waals surface area contributed by atoms with Gasteiger partial charge in [-0.15, -0.1) is 0 Å². The molecule has 3 nitrogen and oxygen atoms in total. The molecule has 0 bridgehead atoms. The number of hydrogen-bond acceptors (Lipinski definition) is 2. The fourth-order valence-corrected chi connectivity index (χ4v) is 2.04. The van der Waals surface area contributed by atoms with Crippen LogP contribution in [0.25, 0.3) is 0 Å². The number of nitrogens with zero attached hydrogens (tertiary/aromatic N) is 1. The number of alkyl halides is 3. The fourth-order valence-electron chi connectivity index (χ4n) is 2.04. The van der Waals surface area contributed by atoms with Crippen molar-refractivity contribution in [2.45, 2.75) is 38.8 Å². The van der Waals surface area contributed by atoms with Crippen LogP contribution in [0, 0.1) is 10.8 Å². The minimum atomic E-state index is -4.05. The van der Waals surface area contributed by atoms with Crippen molar-refractivity contribution in [3.8, 4) is 0 Å². The highest BCUT2D eigenvalue weighted by atomic mass is 19.4. The number of hydrogen-bond donors (Lipinski definition) is 2. The number of halogens is 3. The third kappa shape index (κ3) is 4.53. The zero-order valence-electron chi connectivity index (χ0n) is 10.1. The first-order valence-corrected chi connectivity index (χ1v) is 5.86. The molecule has 100 valence electrons. The van der Waals surface area contributed by atoms with Gasteiger partial charge in [-0.2, -0.15) is 13.2 Å². The molecule has 0 atom stereocenters. The van der Waals surface area contributed by atoms with E-state index in [-0.39, 0.29) is 17.7 Å². The molecular weight excluding hydrogens is 231 g/mol. The first kappa shape index (κ1) is 14.3. The van der Waals surface area contributed by atoms with Gasteiger partial charge in [0.25, 0.3) is 0 Å². The molecule has 1 saturated heterocycles. The van der Waals surface area contributed by atoms with E-state index in [1.165, 1.54) is 0 Å². The van der Waals surface area contributed by atoms with Gasteiger partial charge in [0.05, 0.1) is 5.84 Å². The summed E-state index contributed by atoms with van der Waals surface area (Å²) in [6.07, 6.45) is -3.10. The van der Waals surface area contributed by atoms with E-state index < -0.39 is 12.6 Å². The monoisotopic (exact) mass is 251 g/mol. The van der Waals surface area contributed by atoms with Crippen molar-refractivity contribution >= 4 is 5.84 Å². The number of nitrogens with two attached hydrogens (primary N) is 1. The number of rotatable bonds is 4. The van der Waals surface area contributed by atoms with E-state index in [0.717, 1.165) is 25.9 Å². The van der Waals surface area contributed by atoms with Crippen LogP contribution in [0.5, 0.6) is 0 Å². The van der Waals surface area contributed by atoms with E-state index in [4.69, 9.17) is 11.1 Å². The van der Waals surface area contributed by atoms with Crippen LogP contribution in [0.4, 0.5) is 13.2 Å². The van der Waals surface area contributed by atoms with Gasteiger partial charge >= 0.3 is 6.18 Å². The van der Waals surface area contributed by atoms with E-state index in [1.807, 2.05) is 11.8 Å². The lowest BCUT2D eigenvalue weighted by Gasteiger charge is -2.38. The first-order chi connectivity index (χ1) is 7.73. The molecular formula is C11H20F3N3. The van der Waals surface area contributed by atoms with Gasteiger partial charge in [-0.05, 0) is 38.9 Å². The molecule has 1 fully saturated rings. The molecule has 1 heterocycles. The molecule has 17 heavy (non-hydrogen) atoms. The minimum Gasteiger partial charge on any atom is -0.387 e. The summed E-state index contributed by atoms with van der Waals surface area (Å²) in [5, 5.41) is 7.48. The lowest BCUT2D eigenvalue weighted by atomic mass is 9.79. The molecule has 0 spiro atoms. The molecule has 1 aliphatic rings. The summed E-state index contributed by atoms with van der Waals surface area (Å²) in [6.45, 7) is 3.89. The molecule has 1 rings (SSSR count). The van der Waals surface area contributed by atoms with E-state index in [0.29, 0.717) is 6.54 Å². The van der Waals surface area contributed by atoms with E-state index in [9.17, 15) is 13.2 Å². The van der Waals surface area contributed by atoms with E-state index >= 15 is 0 Å². The van der Waals surface area contributed by atoms with Gasteiger partial charge in [0, 0.05) is 11.8 Å². The Balaban J connectivity index is 2.26. The maximum absolute atomic E-state index is 12.0. The third-order valence-electron chi connectivity index (χ3n) is 3.54. The summed E-state index contributed by atoms with van der Waals surface area (Å²) in [4.78, 5) is 2.02. The van der Waals surface area contributed by atoms with Crippen molar-refractivity contribution in [3.05, 3.63) is 0 Å². The van der Waals surface area contributed by atoms with Crippen LogP contribution in [-0.2, 0) is 0 Å². The van der Waals surface area contributed by atoms with Gasteiger partial charge < -0.3 is 10.6 Å². The highest BCUT2D eigenvalue weighted by Gasteiger charge is 2.33. The summed E-state index contributed by atoms with van der Waals surface area (Å²) < 4.78 is 35.9. The van der Waals surface area contributed by atoms with Crippen LogP contribution >= 0.6 is 0 Å². The molecule has 0 amide bonds. The molecule has 6 heteroatoms. The third-order valence-corrected chi connectivity index (χ3v) is 3.54. The lowest BCUT2D eigenvalue weighted by Crippen LogP contribution is -2.45. The molecule has 0 aliphatic carbocycles. The number of likely N-dealkylation sites (tertiary alicyclic amines) is 1. The molecule has 0 radical (unpaired) electrons. The van der Waals surface area contributed by atoms with Gasteiger partial charge in [0.2, 0.25) is 0 Å². The van der Waals surface area contributed by atoms with Crippen molar-refractivity contribution in [2.24, 2.45) is 11.1 Å². The molecule has 0 aromatic heterocycles. The maximum Gasteiger partial charge on any atom is 0.389 e. The number of amidine groups is 1. The van der Waals surface area contributed by atoms with Crippen molar-refractivity contribution in [2.75, 3.05) is 19.6 Å². The predicted octanol–water partition coefficient (Wildman–Crippen LogP) is 2.37. The Bertz CT molecular complexity index is 268. The zero-order valence-corrected chi connectivity index (χ0v) is 10.1. The highest BCUT2D eigenvalue weighted by Crippen LogP contribution is 2.31. The summed E-state index contributed by atoms with van der Waals surface area (Å²) in [6, 6.07) is 0. The van der Waals surface area contributed by atoms with Crippen LogP contribution in [0.3, 0.4) is 0 Å². The van der Waals surface area contributed by atoms with Crippen LogP contribution in [0.15, 0.2) is 0 Å². The smallest absolute Gasteiger partial charge is 0.387 e. The van der Waals surface area contributed by atoms with Crippen LogP contribution in [0.1, 0.15) is 32.6 Å². The van der Waals surface area contributed by atoms with E-state index in [2.05, 4.69) is 0 Å². The average Bonchev–Trinajstić information content (AvgIpc) is 2.19. The van der Waals surface area contributed by atoms with Gasteiger partial charge in [0.15, 0.2) is 0 Å². The molecule has 0 unspecified atom stereocenters. The van der Waals surface area contributed by atoms with E-state index in [1.54, 1.807) is 0 Å². The second kappa shape index (κ2) is 5.25. The molecule has 1 aliphatic heterocycles. The van der Waals surface area contributed by atoms with Crippen molar-refractivity contribution < 1.29 is 13.2 Å². The highest BCUT2D eigenvalue weighted by molar-refractivity contribution is 5.83. The predicted molar refractivity (Wildman–Crippen MR) is 61.0 cm³/mol. The summed E-state index contributed by atoms with van der Waals surface area (Å²) in [5.41, 5.74) is 5.26. The van der Waals surface area contributed by atoms with Gasteiger partial charge in [-0.1, -0.05) is 6.92 Å². The Hall–Kier alpha value is -0.780. The maximum atomic E-state index is 12.0. The van der Waals surface area contributed by atoms with Crippen molar-refractivity contribution in [1.29, 1.82) is 5.41 Å². The Morgan fingerprint density at radius 1 is 1.35 bits per heavy atom. The van der Waals surface area contributed by atoms with Crippen LogP contribution in [0.2, 0.25) is 0 Å². The van der Waals surface area contributed by atoms with Gasteiger partial charge in [-0.25, -0.2) is 0 Å². The van der Waals surface area contributed by atoms with Gasteiger partial charge in [0.1, 0.15) is 0 Å². The number of piperidine rings is 1. The van der Waals surface area contributed by atoms with Crippen molar-refractivity contribution in [3.63, 3.8) is 0 Å². The molecule has 3 N–H and O–H groups in total. The number of nitrogens with one attached hydrogen (secondary N) is 1. The summed E-state index contributed by atoms with van der Waals surface area (Å²) in [7, 11) is 0. The lowest BCUT2D eigenvalue weighted by molar-refractivity contribution is -0.136. The molecule has 0 saturated carbocycles. The SMILES string of the molecule is CC1(C(=N)N)CCN(CCCC(F)(F)F)CC1. The molecule has 0 aromatic rings. The Kier molecular flexibility index (Phi) is 4.41. The van der Waals surface area contributed by atoms with Crippen LogP contribution < -0.4 is 5.73 Å². The largest absolute Gasteiger partial charge is 0.389 e. The second-order valence-corrected chi connectivity index (χ2v) is 5.03. The quantitative estimate of drug-likeness (QED) is 0.595. The summed E-state index contributed by atoms with van der Waals surface area (Å²) in [5.74, 6) is 0.187. The topological polar surface area (TPSA) is 53.1 Å². The summed E-state index contributed by atoms with van der Waals surface area (Å²) >= 11 is 0. The average molecular weight is 251 g/mol. The Morgan fingerprint density at radius 2 is 1.88 bits per heavy atom. The first-order valence-electron chi connectivity index (χ1n) is 5.86. The zero-order chi connectivity index (χ0) is 13.1. The Morgan fingerprint density at radius 3 is 2.29 bits per heavy atom. The normalized spacial score (nSPS) is 21.4. The second-order valence-electron chi connectivity index (χ2n) is 5.03.